The van der Waals surface area contributed by atoms with Gasteiger partial charge in [0.25, 0.3) is 0 Å². The summed E-state index contributed by atoms with van der Waals surface area (Å²) < 4.78 is 5.30. The van der Waals surface area contributed by atoms with E-state index in [2.05, 4.69) is 18.9 Å². The molecule has 2 nitrogen and oxygen atoms in total. The Labute approximate surface area is 67.1 Å². The summed E-state index contributed by atoms with van der Waals surface area (Å²) in [5.41, 5.74) is 0.392. The van der Waals surface area contributed by atoms with E-state index in [1.54, 1.807) is 0 Å². The SMILES string of the molecule is CCC1(CC)CN1OSC. The molecule has 0 N–H and O–H groups in total. The molecule has 0 radical (unpaired) electrons. The first-order valence-electron chi connectivity index (χ1n) is 3.77. The van der Waals surface area contributed by atoms with Crippen molar-refractivity contribution in [3.8, 4) is 0 Å². The normalized spacial score (nSPS) is 28.5. The summed E-state index contributed by atoms with van der Waals surface area (Å²) in [7, 11) is 0. The summed E-state index contributed by atoms with van der Waals surface area (Å²) in [6, 6.07) is 0. The number of hydrogen-bond donors (Lipinski definition) is 0. The summed E-state index contributed by atoms with van der Waals surface area (Å²) >= 11 is 1.43. The molecule has 1 saturated heterocycles. The molecule has 0 aliphatic carbocycles. The molecule has 1 fully saturated rings. The first kappa shape index (κ1) is 8.37. The van der Waals surface area contributed by atoms with Gasteiger partial charge in [-0.05, 0) is 12.8 Å². The van der Waals surface area contributed by atoms with E-state index in [0.29, 0.717) is 5.54 Å². The fourth-order valence-electron chi connectivity index (χ4n) is 1.25. The third kappa shape index (κ3) is 1.31. The molecule has 1 atom stereocenters. The number of hydroxylamine groups is 2. The van der Waals surface area contributed by atoms with Crippen LogP contribution >= 0.6 is 12.0 Å². The van der Waals surface area contributed by atoms with E-state index in [1.165, 1.54) is 24.9 Å². The van der Waals surface area contributed by atoms with Crippen LogP contribution in [0.4, 0.5) is 0 Å². The molecule has 0 aromatic carbocycles. The maximum atomic E-state index is 5.30. The number of rotatable bonds is 4. The molecule has 60 valence electrons. The standard InChI is InChI=1S/C7H15NOS/c1-4-7(5-2)6-8(7)9-10-3/h4-6H2,1-3H3. The third-order valence-electron chi connectivity index (χ3n) is 2.34. The van der Waals surface area contributed by atoms with Gasteiger partial charge in [-0.3, -0.25) is 0 Å². The van der Waals surface area contributed by atoms with Crippen molar-refractivity contribution in [1.82, 2.24) is 5.06 Å². The molecule has 0 aromatic rings. The van der Waals surface area contributed by atoms with Crippen LogP contribution in [0.3, 0.4) is 0 Å². The minimum atomic E-state index is 0.392. The van der Waals surface area contributed by atoms with Crippen LogP contribution in [0.1, 0.15) is 26.7 Å². The second-order valence-electron chi connectivity index (χ2n) is 2.71. The van der Waals surface area contributed by atoms with Crippen molar-refractivity contribution < 1.29 is 4.28 Å². The highest BCUT2D eigenvalue weighted by Crippen LogP contribution is 2.40. The summed E-state index contributed by atoms with van der Waals surface area (Å²) in [4.78, 5) is 0. The van der Waals surface area contributed by atoms with Gasteiger partial charge in [0.1, 0.15) is 0 Å². The van der Waals surface area contributed by atoms with Crippen LogP contribution in [0.2, 0.25) is 0 Å². The van der Waals surface area contributed by atoms with E-state index in [1.807, 2.05) is 6.26 Å². The molecule has 1 aliphatic heterocycles. The molecular weight excluding hydrogens is 146 g/mol. The number of nitrogens with zero attached hydrogens (tertiary/aromatic N) is 1. The zero-order chi connectivity index (χ0) is 7.61. The Morgan fingerprint density at radius 3 is 2.40 bits per heavy atom. The van der Waals surface area contributed by atoms with Gasteiger partial charge in [-0.25, -0.2) is 4.28 Å². The van der Waals surface area contributed by atoms with Gasteiger partial charge in [0.05, 0.1) is 5.54 Å². The van der Waals surface area contributed by atoms with Crippen LogP contribution in [0.5, 0.6) is 0 Å². The van der Waals surface area contributed by atoms with Crippen molar-refractivity contribution in [2.75, 3.05) is 12.8 Å². The van der Waals surface area contributed by atoms with Gasteiger partial charge in [-0.1, -0.05) is 13.8 Å². The average molecular weight is 161 g/mol. The van der Waals surface area contributed by atoms with E-state index in [-0.39, 0.29) is 0 Å². The molecule has 1 heterocycles. The summed E-state index contributed by atoms with van der Waals surface area (Å²) in [5, 5.41) is 2.07. The van der Waals surface area contributed by atoms with Gasteiger partial charge in [-0.15, -0.1) is 0 Å². The maximum Gasteiger partial charge on any atom is 0.0621 e. The fraction of sp³-hybridized carbons (Fsp3) is 1.00. The quantitative estimate of drug-likeness (QED) is 0.462. The Morgan fingerprint density at radius 1 is 1.50 bits per heavy atom. The van der Waals surface area contributed by atoms with Crippen molar-refractivity contribution in [2.45, 2.75) is 32.2 Å². The van der Waals surface area contributed by atoms with Gasteiger partial charge in [0.2, 0.25) is 0 Å². The third-order valence-corrected chi connectivity index (χ3v) is 2.67. The van der Waals surface area contributed by atoms with E-state index < -0.39 is 0 Å². The smallest absolute Gasteiger partial charge is 0.0621 e. The van der Waals surface area contributed by atoms with Crippen molar-refractivity contribution in [1.29, 1.82) is 0 Å². The average Bonchev–Trinajstić information content (AvgIpc) is 2.65. The minimum absolute atomic E-state index is 0.392. The summed E-state index contributed by atoms with van der Waals surface area (Å²) in [6.07, 6.45) is 4.35. The molecular formula is C7H15NOS. The zero-order valence-electron chi connectivity index (χ0n) is 6.89. The molecule has 0 amide bonds. The van der Waals surface area contributed by atoms with Crippen molar-refractivity contribution in [3.63, 3.8) is 0 Å². The summed E-state index contributed by atoms with van der Waals surface area (Å²) in [6.45, 7) is 5.54. The second-order valence-corrected chi connectivity index (χ2v) is 3.19. The minimum Gasteiger partial charge on any atom is -0.228 e. The molecule has 1 aliphatic rings. The van der Waals surface area contributed by atoms with E-state index in [9.17, 15) is 0 Å². The van der Waals surface area contributed by atoms with Crippen molar-refractivity contribution in [3.05, 3.63) is 0 Å². The summed E-state index contributed by atoms with van der Waals surface area (Å²) in [5.74, 6) is 0. The highest BCUT2D eigenvalue weighted by Gasteiger charge is 2.50. The second kappa shape index (κ2) is 3.11. The predicted octanol–water partition coefficient (Wildman–Crippen LogP) is 2.07. The first-order valence-corrected chi connectivity index (χ1v) is 4.92. The van der Waals surface area contributed by atoms with Gasteiger partial charge in [0.15, 0.2) is 0 Å². The molecule has 0 saturated carbocycles. The Balaban J connectivity index is 2.30. The van der Waals surface area contributed by atoms with E-state index in [4.69, 9.17) is 4.28 Å². The van der Waals surface area contributed by atoms with E-state index >= 15 is 0 Å². The number of hydrogen-bond acceptors (Lipinski definition) is 3. The molecule has 10 heavy (non-hydrogen) atoms. The maximum absolute atomic E-state index is 5.30. The lowest BCUT2D eigenvalue weighted by Crippen LogP contribution is -2.14. The molecule has 0 spiro atoms. The van der Waals surface area contributed by atoms with Crippen LogP contribution in [0.25, 0.3) is 0 Å². The first-order chi connectivity index (χ1) is 4.79. The van der Waals surface area contributed by atoms with Crippen LogP contribution in [-0.2, 0) is 4.28 Å². The Hall–Kier alpha value is 0.270. The Morgan fingerprint density at radius 2 is 2.10 bits per heavy atom. The van der Waals surface area contributed by atoms with Gasteiger partial charge < -0.3 is 0 Å². The highest BCUT2D eigenvalue weighted by molar-refractivity contribution is 7.93. The highest BCUT2D eigenvalue weighted by atomic mass is 32.2. The topological polar surface area (TPSA) is 12.2 Å². The largest absolute Gasteiger partial charge is 0.228 e. The molecule has 1 unspecified atom stereocenters. The van der Waals surface area contributed by atoms with Gasteiger partial charge >= 0.3 is 0 Å². The van der Waals surface area contributed by atoms with E-state index in [0.717, 1.165) is 6.54 Å². The lowest BCUT2D eigenvalue weighted by Gasteiger charge is -2.10. The van der Waals surface area contributed by atoms with Crippen LogP contribution in [-0.4, -0.2) is 23.4 Å². The fourth-order valence-corrected chi connectivity index (χ4v) is 1.64. The monoisotopic (exact) mass is 161 g/mol. The van der Waals surface area contributed by atoms with Crippen molar-refractivity contribution in [2.24, 2.45) is 0 Å². The predicted molar refractivity (Wildman–Crippen MR) is 44.6 cm³/mol. The lowest BCUT2D eigenvalue weighted by molar-refractivity contribution is 0.0524. The van der Waals surface area contributed by atoms with Crippen LogP contribution in [0.15, 0.2) is 0 Å². The zero-order valence-corrected chi connectivity index (χ0v) is 7.70. The van der Waals surface area contributed by atoms with Gasteiger partial charge in [0, 0.05) is 24.8 Å². The van der Waals surface area contributed by atoms with Crippen LogP contribution < -0.4 is 0 Å². The van der Waals surface area contributed by atoms with Crippen molar-refractivity contribution >= 4 is 12.0 Å². The lowest BCUT2D eigenvalue weighted by atomic mass is 10.1. The van der Waals surface area contributed by atoms with Gasteiger partial charge in [-0.2, -0.15) is 5.06 Å². The Bertz CT molecular complexity index is 114. The molecule has 1 rings (SSSR count). The Kier molecular flexibility index (Phi) is 2.61. The molecule has 3 heteroatoms. The van der Waals surface area contributed by atoms with Crippen LogP contribution in [0, 0.1) is 0 Å². The molecule has 0 aromatic heterocycles. The molecule has 0 bridgehead atoms.